The molecular weight excluding hydrogens is 280 g/mol. The molecule has 1 aliphatic rings. The van der Waals surface area contributed by atoms with Crippen LogP contribution < -0.4 is 10.6 Å². The molecular formula is C16H22N4S. The molecule has 3 rings (SSSR count). The highest BCUT2D eigenvalue weighted by molar-refractivity contribution is 7.13. The van der Waals surface area contributed by atoms with E-state index in [9.17, 15) is 0 Å². The van der Waals surface area contributed by atoms with Crippen LogP contribution in [0.25, 0.3) is 0 Å². The third kappa shape index (κ3) is 3.81. The van der Waals surface area contributed by atoms with Crippen molar-refractivity contribution in [2.45, 2.75) is 13.0 Å². The first kappa shape index (κ1) is 14.5. The van der Waals surface area contributed by atoms with Gasteiger partial charge in [0.1, 0.15) is 0 Å². The molecule has 21 heavy (non-hydrogen) atoms. The monoisotopic (exact) mass is 302 g/mol. The van der Waals surface area contributed by atoms with Gasteiger partial charge in [-0.1, -0.05) is 24.3 Å². The molecule has 4 nitrogen and oxygen atoms in total. The van der Waals surface area contributed by atoms with Crippen LogP contribution in [0.15, 0.2) is 35.8 Å². The number of piperazine rings is 1. The van der Waals surface area contributed by atoms with E-state index in [1.165, 1.54) is 11.1 Å². The minimum Gasteiger partial charge on any atom is -0.346 e. The lowest BCUT2D eigenvalue weighted by Crippen LogP contribution is -2.45. The van der Waals surface area contributed by atoms with Gasteiger partial charge >= 0.3 is 0 Å². The number of anilines is 1. The summed E-state index contributed by atoms with van der Waals surface area (Å²) in [7, 11) is 0. The summed E-state index contributed by atoms with van der Waals surface area (Å²) in [5.74, 6) is 0. The number of nitrogens with two attached hydrogens (primary N) is 1. The summed E-state index contributed by atoms with van der Waals surface area (Å²) < 4.78 is 0. The molecule has 1 aromatic carbocycles. The highest BCUT2D eigenvalue weighted by Crippen LogP contribution is 2.19. The van der Waals surface area contributed by atoms with Crippen molar-refractivity contribution < 1.29 is 0 Å². The first-order valence-corrected chi connectivity index (χ1v) is 8.38. The van der Waals surface area contributed by atoms with Gasteiger partial charge in [0.2, 0.25) is 0 Å². The van der Waals surface area contributed by atoms with E-state index >= 15 is 0 Å². The molecule has 1 aromatic heterocycles. The molecule has 112 valence electrons. The standard InChI is InChI=1S/C16H22N4S/c17-6-5-14-1-3-15(4-2-14)13-19-8-10-20(11-9-19)16-18-7-12-21-16/h1-4,7,12H,5-6,8-11,13,17H2. The molecule has 1 saturated heterocycles. The molecule has 2 aromatic rings. The maximum absolute atomic E-state index is 5.58. The van der Waals surface area contributed by atoms with E-state index in [0.29, 0.717) is 0 Å². The Morgan fingerprint density at radius 1 is 1.05 bits per heavy atom. The van der Waals surface area contributed by atoms with Gasteiger partial charge in [-0.15, -0.1) is 11.3 Å². The smallest absolute Gasteiger partial charge is 0.185 e. The molecule has 0 unspecified atom stereocenters. The number of hydrogen-bond acceptors (Lipinski definition) is 5. The Morgan fingerprint density at radius 3 is 2.38 bits per heavy atom. The van der Waals surface area contributed by atoms with Crippen LogP contribution in [-0.4, -0.2) is 42.6 Å². The summed E-state index contributed by atoms with van der Waals surface area (Å²) in [5.41, 5.74) is 8.30. The number of rotatable bonds is 5. The number of nitrogens with zero attached hydrogens (tertiary/aromatic N) is 3. The summed E-state index contributed by atoms with van der Waals surface area (Å²) >= 11 is 1.73. The number of thiazole rings is 1. The summed E-state index contributed by atoms with van der Waals surface area (Å²) in [6.45, 7) is 6.10. The van der Waals surface area contributed by atoms with Crippen LogP contribution in [-0.2, 0) is 13.0 Å². The third-order valence-corrected chi connectivity index (χ3v) is 4.76. The molecule has 1 fully saturated rings. The SMILES string of the molecule is NCCc1ccc(CN2CCN(c3nccs3)CC2)cc1. The lowest BCUT2D eigenvalue weighted by molar-refractivity contribution is 0.250. The van der Waals surface area contributed by atoms with Gasteiger partial charge in [-0.05, 0) is 24.1 Å². The van der Waals surface area contributed by atoms with Crippen molar-refractivity contribution in [1.82, 2.24) is 9.88 Å². The first-order valence-electron chi connectivity index (χ1n) is 7.50. The fraction of sp³-hybridized carbons (Fsp3) is 0.438. The quantitative estimate of drug-likeness (QED) is 0.917. The Morgan fingerprint density at radius 2 is 1.76 bits per heavy atom. The van der Waals surface area contributed by atoms with E-state index in [1.807, 2.05) is 11.6 Å². The summed E-state index contributed by atoms with van der Waals surface area (Å²) in [4.78, 5) is 9.29. The molecule has 0 saturated carbocycles. The maximum atomic E-state index is 5.58. The second-order valence-corrected chi connectivity index (χ2v) is 6.31. The van der Waals surface area contributed by atoms with Crippen molar-refractivity contribution in [3.05, 3.63) is 47.0 Å². The van der Waals surface area contributed by atoms with Crippen molar-refractivity contribution in [3.63, 3.8) is 0 Å². The van der Waals surface area contributed by atoms with E-state index < -0.39 is 0 Å². The Hall–Kier alpha value is -1.43. The van der Waals surface area contributed by atoms with Crippen molar-refractivity contribution in [2.75, 3.05) is 37.6 Å². The van der Waals surface area contributed by atoms with Crippen molar-refractivity contribution in [1.29, 1.82) is 0 Å². The molecule has 0 aliphatic carbocycles. The van der Waals surface area contributed by atoms with Crippen molar-refractivity contribution >= 4 is 16.5 Å². The number of hydrogen-bond donors (Lipinski definition) is 1. The molecule has 0 atom stereocenters. The fourth-order valence-electron chi connectivity index (χ4n) is 2.71. The molecule has 1 aliphatic heterocycles. The topological polar surface area (TPSA) is 45.4 Å². The Labute approximate surface area is 130 Å². The lowest BCUT2D eigenvalue weighted by atomic mass is 10.1. The highest BCUT2D eigenvalue weighted by atomic mass is 32.1. The van der Waals surface area contributed by atoms with Crippen LogP contribution >= 0.6 is 11.3 Å². The summed E-state index contributed by atoms with van der Waals surface area (Å²) in [6.07, 6.45) is 2.85. The van der Waals surface area contributed by atoms with E-state index in [1.54, 1.807) is 11.3 Å². The predicted octanol–water partition coefficient (Wildman–Crippen LogP) is 1.97. The van der Waals surface area contributed by atoms with Crippen molar-refractivity contribution in [3.8, 4) is 0 Å². The van der Waals surface area contributed by atoms with Crippen molar-refractivity contribution in [2.24, 2.45) is 5.73 Å². The van der Waals surface area contributed by atoms with Crippen LogP contribution in [0.5, 0.6) is 0 Å². The second kappa shape index (κ2) is 7.02. The van der Waals surface area contributed by atoms with Crippen LogP contribution in [0.1, 0.15) is 11.1 Å². The Bertz CT molecular complexity index is 530. The fourth-order valence-corrected chi connectivity index (χ4v) is 3.40. The summed E-state index contributed by atoms with van der Waals surface area (Å²) in [5, 5.41) is 3.20. The molecule has 0 bridgehead atoms. The highest BCUT2D eigenvalue weighted by Gasteiger charge is 2.18. The molecule has 2 heterocycles. The largest absolute Gasteiger partial charge is 0.346 e. The molecule has 5 heteroatoms. The Balaban J connectivity index is 1.51. The minimum absolute atomic E-state index is 0.720. The van der Waals surface area contributed by atoms with Crippen LogP contribution in [0.2, 0.25) is 0 Å². The van der Waals surface area contributed by atoms with Gasteiger partial charge in [-0.2, -0.15) is 0 Å². The van der Waals surface area contributed by atoms with Crippen LogP contribution in [0.3, 0.4) is 0 Å². The summed E-state index contributed by atoms with van der Waals surface area (Å²) in [6, 6.07) is 8.87. The van der Waals surface area contributed by atoms with Gasteiger partial charge in [-0.3, -0.25) is 4.90 Å². The van der Waals surface area contributed by atoms with Gasteiger partial charge in [0, 0.05) is 44.3 Å². The van der Waals surface area contributed by atoms with E-state index in [0.717, 1.165) is 50.8 Å². The molecule has 0 radical (unpaired) electrons. The molecule has 0 spiro atoms. The second-order valence-electron chi connectivity index (χ2n) is 5.43. The predicted molar refractivity (Wildman–Crippen MR) is 88.8 cm³/mol. The Kier molecular flexibility index (Phi) is 4.85. The zero-order chi connectivity index (χ0) is 14.5. The third-order valence-electron chi connectivity index (χ3n) is 3.92. The van der Waals surface area contributed by atoms with E-state index in [2.05, 4.69) is 39.0 Å². The molecule has 2 N–H and O–H groups in total. The maximum Gasteiger partial charge on any atom is 0.185 e. The first-order chi connectivity index (χ1) is 10.3. The lowest BCUT2D eigenvalue weighted by Gasteiger charge is -2.34. The average Bonchev–Trinajstić information content (AvgIpc) is 3.05. The normalized spacial score (nSPS) is 16.3. The molecule has 0 amide bonds. The van der Waals surface area contributed by atoms with Gasteiger partial charge < -0.3 is 10.6 Å². The number of benzene rings is 1. The number of aromatic nitrogens is 1. The van der Waals surface area contributed by atoms with Crippen LogP contribution in [0.4, 0.5) is 5.13 Å². The van der Waals surface area contributed by atoms with Gasteiger partial charge in [0.05, 0.1) is 0 Å². The van der Waals surface area contributed by atoms with E-state index in [4.69, 9.17) is 5.73 Å². The zero-order valence-corrected chi connectivity index (χ0v) is 13.1. The van der Waals surface area contributed by atoms with E-state index in [-0.39, 0.29) is 0 Å². The van der Waals surface area contributed by atoms with Gasteiger partial charge in [-0.25, -0.2) is 4.98 Å². The van der Waals surface area contributed by atoms with Gasteiger partial charge in [0.25, 0.3) is 0 Å². The van der Waals surface area contributed by atoms with Crippen LogP contribution in [0, 0.1) is 0 Å². The van der Waals surface area contributed by atoms with Gasteiger partial charge in [0.15, 0.2) is 5.13 Å². The minimum atomic E-state index is 0.720. The zero-order valence-electron chi connectivity index (χ0n) is 12.2. The average molecular weight is 302 g/mol.